The van der Waals surface area contributed by atoms with Crippen molar-refractivity contribution < 1.29 is 9.53 Å². The molecule has 0 aromatic carbocycles. The fourth-order valence-corrected chi connectivity index (χ4v) is 1.71. The van der Waals surface area contributed by atoms with Gasteiger partial charge in [-0.25, -0.2) is 9.97 Å². The van der Waals surface area contributed by atoms with E-state index in [1.807, 2.05) is 13.2 Å². The topological polar surface area (TPSA) is 64.1 Å². The Labute approximate surface area is 109 Å². The first kappa shape index (κ1) is 14.2. The van der Waals surface area contributed by atoms with Crippen molar-refractivity contribution in [2.24, 2.45) is 0 Å². The van der Waals surface area contributed by atoms with Gasteiger partial charge in [0.15, 0.2) is 10.9 Å². The summed E-state index contributed by atoms with van der Waals surface area (Å²) in [5.74, 6) is -0.322. The fourth-order valence-electron chi connectivity index (χ4n) is 1.19. The van der Waals surface area contributed by atoms with Crippen molar-refractivity contribution in [3.63, 3.8) is 0 Å². The van der Waals surface area contributed by atoms with Gasteiger partial charge in [0.2, 0.25) is 0 Å². The molecule has 1 aromatic heterocycles. The number of hydrogen-bond donors (Lipinski definition) is 1. The molecule has 5 nitrogen and oxygen atoms in total. The van der Waals surface area contributed by atoms with Crippen LogP contribution in [0.2, 0.25) is 5.02 Å². The molecule has 1 rings (SSSR count). The number of thioether (sulfide) groups is 1. The van der Waals surface area contributed by atoms with E-state index in [0.717, 1.165) is 0 Å². The minimum absolute atomic E-state index is 0.101. The zero-order chi connectivity index (χ0) is 12.8. The van der Waals surface area contributed by atoms with Gasteiger partial charge in [-0.05, 0) is 13.2 Å². The van der Waals surface area contributed by atoms with E-state index in [4.69, 9.17) is 16.3 Å². The van der Waals surface area contributed by atoms with Crippen LogP contribution >= 0.6 is 23.4 Å². The molecule has 1 amide bonds. The maximum absolute atomic E-state index is 11.9. The Morgan fingerprint density at radius 2 is 2.41 bits per heavy atom. The lowest BCUT2D eigenvalue weighted by Crippen LogP contribution is -2.36. The lowest BCUT2D eigenvalue weighted by atomic mass is 10.3. The van der Waals surface area contributed by atoms with E-state index in [2.05, 4.69) is 15.3 Å². The summed E-state index contributed by atoms with van der Waals surface area (Å²) < 4.78 is 4.93. The molecule has 1 aromatic rings. The van der Waals surface area contributed by atoms with Crippen LogP contribution in [0.5, 0.6) is 0 Å². The molecular weight excluding hydrogens is 262 g/mol. The molecule has 1 atom stereocenters. The molecule has 0 aliphatic heterocycles. The molecule has 0 aliphatic rings. The Kier molecular flexibility index (Phi) is 5.67. The van der Waals surface area contributed by atoms with E-state index < -0.39 is 0 Å². The maximum Gasteiger partial charge on any atom is 0.271 e. The molecule has 94 valence electrons. The molecule has 1 heterocycles. The first-order valence-electron chi connectivity index (χ1n) is 4.94. The average molecular weight is 276 g/mol. The number of aromatic nitrogens is 2. The van der Waals surface area contributed by atoms with E-state index in [1.165, 1.54) is 18.0 Å². The molecule has 0 bridgehead atoms. The Morgan fingerprint density at radius 1 is 1.71 bits per heavy atom. The minimum atomic E-state index is -0.322. The molecule has 0 saturated heterocycles. The number of nitrogens with zero attached hydrogens (tertiary/aromatic N) is 2. The van der Waals surface area contributed by atoms with Crippen molar-refractivity contribution in [1.29, 1.82) is 0 Å². The van der Waals surface area contributed by atoms with E-state index in [1.54, 1.807) is 7.11 Å². The summed E-state index contributed by atoms with van der Waals surface area (Å²) in [6.45, 7) is 2.27. The van der Waals surface area contributed by atoms with Crippen LogP contribution in [-0.4, -0.2) is 41.9 Å². The Balaban J connectivity index is 2.80. The van der Waals surface area contributed by atoms with Crippen LogP contribution in [0.1, 0.15) is 17.4 Å². The van der Waals surface area contributed by atoms with Crippen molar-refractivity contribution in [2.45, 2.75) is 18.1 Å². The smallest absolute Gasteiger partial charge is 0.271 e. The molecule has 0 aliphatic carbocycles. The summed E-state index contributed by atoms with van der Waals surface area (Å²) in [4.78, 5) is 19.9. The first-order chi connectivity index (χ1) is 8.08. The summed E-state index contributed by atoms with van der Waals surface area (Å²) in [5.41, 5.74) is 0.189. The van der Waals surface area contributed by atoms with Crippen LogP contribution in [0.4, 0.5) is 0 Å². The highest BCUT2D eigenvalue weighted by atomic mass is 35.5. The normalized spacial score (nSPS) is 12.2. The van der Waals surface area contributed by atoms with Crippen molar-refractivity contribution >= 4 is 29.3 Å². The standard InChI is InChI=1S/C10H14ClN3O2S/c1-6(5-16-2)13-9(15)8-7(11)4-12-10(14-8)17-3/h4,6H,5H2,1-3H3,(H,13,15)/t6-/m1/s1. The van der Waals surface area contributed by atoms with Gasteiger partial charge in [0.25, 0.3) is 5.91 Å². The Morgan fingerprint density at radius 3 is 3.00 bits per heavy atom. The van der Waals surface area contributed by atoms with Crippen molar-refractivity contribution in [2.75, 3.05) is 20.0 Å². The van der Waals surface area contributed by atoms with Gasteiger partial charge >= 0.3 is 0 Å². The number of amides is 1. The fraction of sp³-hybridized carbons (Fsp3) is 0.500. The van der Waals surface area contributed by atoms with E-state index in [9.17, 15) is 4.79 Å². The Hall–Kier alpha value is -0.850. The van der Waals surface area contributed by atoms with Gasteiger partial charge < -0.3 is 10.1 Å². The summed E-state index contributed by atoms with van der Waals surface area (Å²) in [5, 5.41) is 3.49. The van der Waals surface area contributed by atoms with Crippen LogP contribution in [0.3, 0.4) is 0 Å². The lowest BCUT2D eigenvalue weighted by molar-refractivity contribution is 0.0900. The monoisotopic (exact) mass is 275 g/mol. The highest BCUT2D eigenvalue weighted by Gasteiger charge is 2.15. The average Bonchev–Trinajstić information content (AvgIpc) is 2.29. The molecule has 7 heteroatoms. The third-order valence-corrected chi connectivity index (χ3v) is 2.75. The van der Waals surface area contributed by atoms with Gasteiger partial charge in [-0.3, -0.25) is 4.79 Å². The Bertz CT molecular complexity index is 403. The van der Waals surface area contributed by atoms with Crippen LogP contribution in [0.15, 0.2) is 11.4 Å². The molecule has 1 N–H and O–H groups in total. The summed E-state index contributed by atoms with van der Waals surface area (Å²) >= 11 is 7.23. The number of nitrogens with one attached hydrogen (secondary N) is 1. The molecule has 0 spiro atoms. The predicted octanol–water partition coefficient (Wildman–Crippen LogP) is 1.62. The number of carbonyl (C=O) groups is 1. The second-order valence-corrected chi connectivity index (χ2v) is 4.56. The summed E-state index contributed by atoms with van der Waals surface area (Å²) in [7, 11) is 1.58. The summed E-state index contributed by atoms with van der Waals surface area (Å²) in [6, 6.07) is -0.101. The molecule has 0 unspecified atom stereocenters. The third-order valence-electron chi connectivity index (χ3n) is 1.91. The number of methoxy groups -OCH3 is 1. The summed E-state index contributed by atoms with van der Waals surface area (Å²) in [6.07, 6.45) is 3.26. The zero-order valence-electron chi connectivity index (χ0n) is 9.86. The van der Waals surface area contributed by atoms with Gasteiger partial charge in [-0.1, -0.05) is 23.4 Å². The molecule has 0 radical (unpaired) electrons. The number of carbonyl (C=O) groups excluding carboxylic acids is 1. The second kappa shape index (κ2) is 6.78. The van der Waals surface area contributed by atoms with Crippen LogP contribution < -0.4 is 5.32 Å². The lowest BCUT2D eigenvalue weighted by Gasteiger charge is -2.12. The number of ether oxygens (including phenoxy) is 1. The van der Waals surface area contributed by atoms with Crippen LogP contribution in [0, 0.1) is 0 Å². The molecule has 0 saturated carbocycles. The van der Waals surface area contributed by atoms with Gasteiger partial charge in [-0.2, -0.15) is 0 Å². The maximum atomic E-state index is 11.9. The zero-order valence-corrected chi connectivity index (χ0v) is 11.4. The second-order valence-electron chi connectivity index (χ2n) is 3.38. The third kappa shape index (κ3) is 4.14. The van der Waals surface area contributed by atoms with Crippen molar-refractivity contribution in [1.82, 2.24) is 15.3 Å². The SMILES string of the molecule is COC[C@@H](C)NC(=O)c1nc(SC)ncc1Cl. The number of halogens is 1. The first-order valence-corrected chi connectivity index (χ1v) is 6.55. The van der Waals surface area contributed by atoms with E-state index in [-0.39, 0.29) is 22.7 Å². The van der Waals surface area contributed by atoms with Crippen molar-refractivity contribution in [3.05, 3.63) is 16.9 Å². The predicted molar refractivity (Wildman–Crippen MR) is 67.6 cm³/mol. The largest absolute Gasteiger partial charge is 0.383 e. The van der Waals surface area contributed by atoms with Crippen LogP contribution in [-0.2, 0) is 4.74 Å². The van der Waals surface area contributed by atoms with Gasteiger partial charge in [-0.15, -0.1) is 0 Å². The van der Waals surface area contributed by atoms with Gasteiger partial charge in [0.1, 0.15) is 0 Å². The number of rotatable bonds is 5. The molecule has 0 fully saturated rings. The molecule has 17 heavy (non-hydrogen) atoms. The van der Waals surface area contributed by atoms with Gasteiger partial charge in [0, 0.05) is 13.2 Å². The highest BCUT2D eigenvalue weighted by Crippen LogP contribution is 2.16. The minimum Gasteiger partial charge on any atom is -0.383 e. The van der Waals surface area contributed by atoms with E-state index >= 15 is 0 Å². The van der Waals surface area contributed by atoms with E-state index in [0.29, 0.717) is 11.8 Å². The van der Waals surface area contributed by atoms with Crippen LogP contribution in [0.25, 0.3) is 0 Å². The number of hydrogen-bond acceptors (Lipinski definition) is 5. The van der Waals surface area contributed by atoms with Gasteiger partial charge in [0.05, 0.1) is 17.8 Å². The quantitative estimate of drug-likeness (QED) is 0.653. The highest BCUT2D eigenvalue weighted by molar-refractivity contribution is 7.98. The molecular formula is C10H14ClN3O2S. The van der Waals surface area contributed by atoms with Crippen molar-refractivity contribution in [3.8, 4) is 0 Å².